The third-order valence-electron chi connectivity index (χ3n) is 5.70. The van der Waals surface area contributed by atoms with E-state index in [4.69, 9.17) is 4.42 Å². The second-order valence-corrected chi connectivity index (χ2v) is 10.1. The number of benzene rings is 2. The van der Waals surface area contributed by atoms with Crippen LogP contribution in [0.4, 0.5) is 4.39 Å². The van der Waals surface area contributed by atoms with Gasteiger partial charge in [0.2, 0.25) is 5.91 Å². The maximum Gasteiger partial charge on any atom is 0.227 e. The summed E-state index contributed by atoms with van der Waals surface area (Å²) in [5.74, 6) is -0.464. The molecule has 30 heavy (non-hydrogen) atoms. The van der Waals surface area contributed by atoms with Crippen molar-refractivity contribution in [1.29, 1.82) is 0 Å². The van der Waals surface area contributed by atoms with E-state index in [1.165, 1.54) is 12.1 Å². The van der Waals surface area contributed by atoms with E-state index in [0.29, 0.717) is 6.42 Å². The van der Waals surface area contributed by atoms with Gasteiger partial charge in [-0.05, 0) is 48.2 Å². The van der Waals surface area contributed by atoms with Crippen molar-refractivity contribution >= 4 is 26.7 Å². The summed E-state index contributed by atoms with van der Waals surface area (Å²) in [4.78, 5) is 14.9. The number of fused-ring (bicyclic) bond motifs is 1. The van der Waals surface area contributed by atoms with E-state index in [0.717, 1.165) is 34.1 Å². The van der Waals surface area contributed by atoms with Crippen LogP contribution in [-0.4, -0.2) is 36.8 Å². The molecular formula is C23H24FNO4S. The molecule has 0 N–H and O–H groups in total. The molecular weight excluding hydrogens is 405 g/mol. The monoisotopic (exact) mass is 429 g/mol. The van der Waals surface area contributed by atoms with E-state index in [1.807, 2.05) is 18.2 Å². The fraction of sp³-hybridized carbons (Fsp3) is 0.348. The Labute approximate surface area is 175 Å². The minimum atomic E-state index is -3.15. The quantitative estimate of drug-likeness (QED) is 0.596. The summed E-state index contributed by atoms with van der Waals surface area (Å²) < 4.78 is 42.9. The first kappa shape index (κ1) is 20.6. The number of halogens is 1. The molecule has 0 spiro atoms. The van der Waals surface area contributed by atoms with Crippen molar-refractivity contribution in [2.45, 2.75) is 38.8 Å². The fourth-order valence-electron chi connectivity index (χ4n) is 3.98. The van der Waals surface area contributed by atoms with E-state index < -0.39 is 9.84 Å². The number of carbonyl (C=O) groups excluding carboxylic acids is 1. The second-order valence-electron chi connectivity index (χ2n) is 7.83. The topological polar surface area (TPSA) is 67.6 Å². The molecule has 1 aromatic heterocycles. The van der Waals surface area contributed by atoms with Crippen molar-refractivity contribution in [1.82, 2.24) is 4.90 Å². The van der Waals surface area contributed by atoms with Crippen molar-refractivity contribution in [2.75, 3.05) is 11.5 Å². The lowest BCUT2D eigenvalue weighted by Gasteiger charge is -2.28. The van der Waals surface area contributed by atoms with Gasteiger partial charge in [0.05, 0.1) is 24.2 Å². The largest absolute Gasteiger partial charge is 0.464 e. The molecule has 2 heterocycles. The van der Waals surface area contributed by atoms with Gasteiger partial charge in [-0.15, -0.1) is 0 Å². The molecule has 0 unspecified atom stereocenters. The van der Waals surface area contributed by atoms with Gasteiger partial charge in [-0.25, -0.2) is 12.8 Å². The molecule has 1 amide bonds. The molecule has 1 aliphatic heterocycles. The number of sulfone groups is 1. The number of amides is 1. The second kappa shape index (κ2) is 8.22. The first-order valence-corrected chi connectivity index (χ1v) is 11.9. The molecule has 1 aliphatic rings. The van der Waals surface area contributed by atoms with E-state index in [-0.39, 0.29) is 42.2 Å². The first-order valence-electron chi connectivity index (χ1n) is 10.1. The van der Waals surface area contributed by atoms with Gasteiger partial charge in [0, 0.05) is 23.5 Å². The van der Waals surface area contributed by atoms with Crippen LogP contribution in [0.25, 0.3) is 11.0 Å². The molecule has 4 rings (SSSR count). The Morgan fingerprint density at radius 3 is 2.57 bits per heavy atom. The summed E-state index contributed by atoms with van der Waals surface area (Å²) in [6.45, 7) is 2.31. The van der Waals surface area contributed by atoms with Gasteiger partial charge in [0.15, 0.2) is 9.84 Å². The van der Waals surface area contributed by atoms with Gasteiger partial charge in [-0.2, -0.15) is 0 Å². The minimum absolute atomic E-state index is 0.0357. The zero-order chi connectivity index (χ0) is 21.3. The lowest BCUT2D eigenvalue weighted by Crippen LogP contribution is -2.41. The lowest BCUT2D eigenvalue weighted by molar-refractivity contribution is -0.133. The lowest BCUT2D eigenvalue weighted by atomic mass is 10.0. The van der Waals surface area contributed by atoms with Crippen LogP contribution in [0.15, 0.2) is 53.1 Å². The Morgan fingerprint density at radius 1 is 1.17 bits per heavy atom. The Bertz CT molecular complexity index is 1170. The average Bonchev–Trinajstić information content (AvgIpc) is 3.29. The van der Waals surface area contributed by atoms with Crippen molar-refractivity contribution in [3.05, 3.63) is 71.2 Å². The predicted molar refractivity (Wildman–Crippen MR) is 113 cm³/mol. The maximum atomic E-state index is 13.3. The number of aryl methyl sites for hydroxylation is 1. The molecule has 1 saturated heterocycles. The van der Waals surface area contributed by atoms with Crippen molar-refractivity contribution in [3.63, 3.8) is 0 Å². The van der Waals surface area contributed by atoms with Gasteiger partial charge >= 0.3 is 0 Å². The first-order chi connectivity index (χ1) is 14.3. The van der Waals surface area contributed by atoms with Crippen LogP contribution in [0, 0.1) is 5.82 Å². The number of hydrogen-bond donors (Lipinski definition) is 0. The molecule has 7 heteroatoms. The van der Waals surface area contributed by atoms with Crippen molar-refractivity contribution < 1.29 is 22.0 Å². The van der Waals surface area contributed by atoms with E-state index in [1.54, 1.807) is 23.3 Å². The van der Waals surface area contributed by atoms with Crippen LogP contribution < -0.4 is 0 Å². The van der Waals surface area contributed by atoms with Crippen LogP contribution >= 0.6 is 0 Å². The number of nitrogens with zero attached hydrogens (tertiary/aromatic N) is 1. The number of carbonyl (C=O) groups is 1. The standard InChI is InChI=1S/C23H24FNO4S/c1-2-16-5-8-22-21(11-16)18(14-29-22)12-23(26)25(20-9-10-30(27,28)15-20)13-17-3-6-19(24)7-4-17/h3-8,11,14,20H,2,9-10,12-13,15H2,1H3/t20-/m1/s1. The van der Waals surface area contributed by atoms with Crippen LogP contribution in [0.3, 0.4) is 0 Å². The van der Waals surface area contributed by atoms with Crippen LogP contribution in [0.1, 0.15) is 30.0 Å². The average molecular weight is 430 g/mol. The minimum Gasteiger partial charge on any atom is -0.464 e. The summed E-state index contributed by atoms with van der Waals surface area (Å²) in [7, 11) is -3.15. The normalized spacial score (nSPS) is 18.0. The van der Waals surface area contributed by atoms with Crippen LogP contribution in [0.5, 0.6) is 0 Å². The summed E-state index contributed by atoms with van der Waals surface area (Å²) in [5.41, 5.74) is 3.43. The SMILES string of the molecule is CCc1ccc2occ(CC(=O)N(Cc3ccc(F)cc3)[C@@H]3CCS(=O)(=O)C3)c2c1. The highest BCUT2D eigenvalue weighted by atomic mass is 32.2. The Morgan fingerprint density at radius 2 is 1.90 bits per heavy atom. The molecule has 0 bridgehead atoms. The summed E-state index contributed by atoms with van der Waals surface area (Å²) in [6, 6.07) is 11.5. The van der Waals surface area contributed by atoms with Gasteiger partial charge in [0.25, 0.3) is 0 Å². The van der Waals surface area contributed by atoms with Crippen LogP contribution in [0.2, 0.25) is 0 Å². The smallest absolute Gasteiger partial charge is 0.227 e. The highest BCUT2D eigenvalue weighted by Gasteiger charge is 2.34. The molecule has 3 aromatic rings. The number of hydrogen-bond acceptors (Lipinski definition) is 4. The molecule has 0 saturated carbocycles. The molecule has 5 nitrogen and oxygen atoms in total. The van der Waals surface area contributed by atoms with Crippen LogP contribution in [-0.2, 0) is 34.0 Å². The highest BCUT2D eigenvalue weighted by Crippen LogP contribution is 2.26. The predicted octanol–water partition coefficient (Wildman–Crippen LogP) is 3.89. The van der Waals surface area contributed by atoms with Crippen molar-refractivity contribution in [3.8, 4) is 0 Å². The summed E-state index contributed by atoms with van der Waals surface area (Å²) in [6.07, 6.45) is 3.02. The Kier molecular flexibility index (Phi) is 5.64. The Balaban J connectivity index is 1.61. The van der Waals surface area contributed by atoms with E-state index in [2.05, 4.69) is 6.92 Å². The molecule has 1 atom stereocenters. The third-order valence-corrected chi connectivity index (χ3v) is 7.45. The number of rotatable bonds is 6. The zero-order valence-corrected chi connectivity index (χ0v) is 17.6. The zero-order valence-electron chi connectivity index (χ0n) is 16.8. The fourth-order valence-corrected chi connectivity index (χ4v) is 5.71. The molecule has 1 fully saturated rings. The third kappa shape index (κ3) is 4.41. The van der Waals surface area contributed by atoms with Gasteiger partial charge < -0.3 is 9.32 Å². The van der Waals surface area contributed by atoms with E-state index in [9.17, 15) is 17.6 Å². The van der Waals surface area contributed by atoms with Gasteiger partial charge in [0.1, 0.15) is 11.4 Å². The molecule has 158 valence electrons. The molecule has 2 aromatic carbocycles. The summed E-state index contributed by atoms with van der Waals surface area (Å²) in [5, 5.41) is 0.906. The van der Waals surface area contributed by atoms with Crippen molar-refractivity contribution in [2.24, 2.45) is 0 Å². The van der Waals surface area contributed by atoms with Gasteiger partial charge in [-0.3, -0.25) is 4.79 Å². The van der Waals surface area contributed by atoms with Gasteiger partial charge in [-0.1, -0.05) is 25.1 Å². The summed E-state index contributed by atoms with van der Waals surface area (Å²) >= 11 is 0. The molecule has 0 aliphatic carbocycles. The highest BCUT2D eigenvalue weighted by molar-refractivity contribution is 7.91. The number of furan rings is 1. The maximum absolute atomic E-state index is 13.3. The molecule has 0 radical (unpaired) electrons. The van der Waals surface area contributed by atoms with E-state index >= 15 is 0 Å². The Hall–Kier alpha value is -2.67.